The van der Waals surface area contributed by atoms with Crippen molar-refractivity contribution in [2.24, 2.45) is 5.73 Å². The Labute approximate surface area is 171 Å². The van der Waals surface area contributed by atoms with Crippen LogP contribution in [0.3, 0.4) is 0 Å². The second kappa shape index (κ2) is 9.00. The summed E-state index contributed by atoms with van der Waals surface area (Å²) in [6.45, 7) is 9.71. The molecule has 3 rings (SSSR count). The van der Waals surface area contributed by atoms with E-state index in [9.17, 15) is 9.59 Å². The zero-order valence-electron chi connectivity index (χ0n) is 17.2. The fraction of sp³-hybridized carbons (Fsp3) is 0.429. The van der Waals surface area contributed by atoms with Gasteiger partial charge in [-0.3, -0.25) is 14.5 Å². The molecule has 1 aliphatic rings. The number of carbonyl (C=O) groups excluding carboxylic acids is 2. The summed E-state index contributed by atoms with van der Waals surface area (Å²) in [7, 11) is 0. The van der Waals surface area contributed by atoms with Crippen LogP contribution in [0.1, 0.15) is 41.6 Å². The van der Waals surface area contributed by atoms with Crippen molar-refractivity contribution >= 4 is 23.3 Å². The van der Waals surface area contributed by atoms with Gasteiger partial charge in [0.15, 0.2) is 0 Å². The first-order chi connectivity index (χ1) is 13.8. The molecule has 29 heavy (non-hydrogen) atoms. The van der Waals surface area contributed by atoms with E-state index in [1.807, 2.05) is 13.0 Å². The quantitative estimate of drug-likeness (QED) is 0.771. The van der Waals surface area contributed by atoms with Gasteiger partial charge in [0.2, 0.25) is 11.8 Å². The van der Waals surface area contributed by atoms with Crippen molar-refractivity contribution in [1.82, 2.24) is 14.9 Å². The summed E-state index contributed by atoms with van der Waals surface area (Å²) in [6, 6.07) is 8.58. The van der Waals surface area contributed by atoms with Gasteiger partial charge in [-0.05, 0) is 31.2 Å². The molecule has 1 fully saturated rings. The standard InChI is InChI=1S/C21H28N6O2/c1-14(2)21-23-15(3)12-18(25-21)27-10-8-26(9-11-27)13-19(28)24-17-6-4-16(5-7-17)20(22)29/h4-7,12,14H,8-11,13H2,1-3H3,(H2,22,29)(H,24,28). The third kappa shape index (κ3) is 5.51. The Morgan fingerprint density at radius 2 is 1.76 bits per heavy atom. The number of nitrogens with one attached hydrogen (secondary N) is 1. The maximum atomic E-state index is 12.3. The minimum atomic E-state index is -0.486. The monoisotopic (exact) mass is 396 g/mol. The highest BCUT2D eigenvalue weighted by atomic mass is 16.2. The van der Waals surface area contributed by atoms with E-state index in [4.69, 9.17) is 10.7 Å². The van der Waals surface area contributed by atoms with E-state index in [-0.39, 0.29) is 11.8 Å². The van der Waals surface area contributed by atoms with Gasteiger partial charge in [-0.1, -0.05) is 13.8 Å². The molecule has 0 saturated carbocycles. The number of aromatic nitrogens is 2. The summed E-state index contributed by atoms with van der Waals surface area (Å²) in [5.74, 6) is 1.55. The number of primary amides is 1. The molecule has 0 aliphatic carbocycles. The Morgan fingerprint density at radius 1 is 1.10 bits per heavy atom. The number of carbonyl (C=O) groups is 2. The molecule has 8 nitrogen and oxygen atoms in total. The molecule has 0 spiro atoms. The second-order valence-corrected chi connectivity index (χ2v) is 7.63. The van der Waals surface area contributed by atoms with Crippen molar-refractivity contribution < 1.29 is 9.59 Å². The van der Waals surface area contributed by atoms with Crippen LogP contribution in [0.4, 0.5) is 11.5 Å². The first kappa shape index (κ1) is 20.7. The molecule has 2 amide bonds. The Morgan fingerprint density at radius 3 is 2.34 bits per heavy atom. The number of rotatable bonds is 6. The molecule has 0 radical (unpaired) electrons. The van der Waals surface area contributed by atoms with Gasteiger partial charge in [0.25, 0.3) is 0 Å². The van der Waals surface area contributed by atoms with E-state index in [0.29, 0.717) is 17.8 Å². The summed E-state index contributed by atoms with van der Waals surface area (Å²) >= 11 is 0. The summed E-state index contributed by atoms with van der Waals surface area (Å²) in [5, 5.41) is 2.86. The molecular formula is C21H28N6O2. The van der Waals surface area contributed by atoms with Crippen molar-refractivity contribution in [1.29, 1.82) is 0 Å². The Kier molecular flexibility index (Phi) is 6.43. The molecule has 1 aliphatic heterocycles. The van der Waals surface area contributed by atoms with Gasteiger partial charge < -0.3 is 16.0 Å². The lowest BCUT2D eigenvalue weighted by molar-refractivity contribution is -0.117. The lowest BCUT2D eigenvalue weighted by Crippen LogP contribution is -2.49. The minimum absolute atomic E-state index is 0.0785. The van der Waals surface area contributed by atoms with Gasteiger partial charge in [0.1, 0.15) is 11.6 Å². The number of aryl methyl sites for hydroxylation is 1. The smallest absolute Gasteiger partial charge is 0.248 e. The molecule has 0 atom stereocenters. The lowest BCUT2D eigenvalue weighted by atomic mass is 10.2. The molecule has 154 valence electrons. The minimum Gasteiger partial charge on any atom is -0.366 e. The van der Waals surface area contributed by atoms with Gasteiger partial charge >= 0.3 is 0 Å². The topological polar surface area (TPSA) is 104 Å². The number of hydrogen-bond acceptors (Lipinski definition) is 6. The molecule has 3 N–H and O–H groups in total. The van der Waals surface area contributed by atoms with Crippen LogP contribution in [0, 0.1) is 6.92 Å². The van der Waals surface area contributed by atoms with Crippen LogP contribution in [0.2, 0.25) is 0 Å². The molecule has 2 aromatic rings. The van der Waals surface area contributed by atoms with Gasteiger partial charge in [-0.15, -0.1) is 0 Å². The predicted octanol–water partition coefficient (Wildman–Crippen LogP) is 1.77. The Balaban J connectivity index is 1.52. The summed E-state index contributed by atoms with van der Waals surface area (Å²) in [6.07, 6.45) is 0. The predicted molar refractivity (Wildman–Crippen MR) is 113 cm³/mol. The van der Waals surface area contributed by atoms with Crippen LogP contribution in [-0.2, 0) is 4.79 Å². The fourth-order valence-corrected chi connectivity index (χ4v) is 3.25. The number of anilines is 2. The van der Waals surface area contributed by atoms with Crippen LogP contribution >= 0.6 is 0 Å². The maximum absolute atomic E-state index is 12.3. The average molecular weight is 396 g/mol. The second-order valence-electron chi connectivity index (χ2n) is 7.63. The summed E-state index contributed by atoms with van der Waals surface area (Å²) < 4.78 is 0. The fourth-order valence-electron chi connectivity index (χ4n) is 3.25. The van der Waals surface area contributed by atoms with Crippen LogP contribution in [-0.4, -0.2) is 59.4 Å². The molecule has 8 heteroatoms. The summed E-state index contributed by atoms with van der Waals surface area (Å²) in [4.78, 5) is 37.0. The van der Waals surface area contributed by atoms with Gasteiger partial charge in [-0.25, -0.2) is 9.97 Å². The normalized spacial score (nSPS) is 14.8. The van der Waals surface area contributed by atoms with Crippen molar-refractivity contribution in [3.05, 3.63) is 47.4 Å². The Bertz CT molecular complexity index is 873. The molecule has 0 unspecified atom stereocenters. The van der Waals surface area contributed by atoms with Gasteiger partial charge in [0.05, 0.1) is 6.54 Å². The molecule has 1 aromatic heterocycles. The molecule has 1 aromatic carbocycles. The number of hydrogen-bond donors (Lipinski definition) is 2. The van der Waals surface area contributed by atoms with Crippen LogP contribution in [0.25, 0.3) is 0 Å². The number of nitrogens with two attached hydrogens (primary N) is 1. The SMILES string of the molecule is Cc1cc(N2CCN(CC(=O)Nc3ccc(C(N)=O)cc3)CC2)nc(C(C)C)n1. The number of benzene rings is 1. The number of nitrogens with zero attached hydrogens (tertiary/aromatic N) is 4. The average Bonchev–Trinajstić information content (AvgIpc) is 2.68. The van der Waals surface area contributed by atoms with Gasteiger partial charge in [-0.2, -0.15) is 0 Å². The number of amides is 2. The van der Waals surface area contributed by atoms with Crippen molar-refractivity contribution in [2.75, 3.05) is 42.9 Å². The van der Waals surface area contributed by atoms with E-state index in [1.54, 1.807) is 24.3 Å². The van der Waals surface area contributed by atoms with E-state index < -0.39 is 5.91 Å². The van der Waals surface area contributed by atoms with E-state index in [1.165, 1.54) is 0 Å². The van der Waals surface area contributed by atoms with E-state index in [2.05, 4.69) is 33.9 Å². The molecular weight excluding hydrogens is 368 g/mol. The third-order valence-corrected chi connectivity index (χ3v) is 4.89. The van der Waals surface area contributed by atoms with Crippen molar-refractivity contribution in [3.63, 3.8) is 0 Å². The first-order valence-corrected chi connectivity index (χ1v) is 9.84. The summed E-state index contributed by atoms with van der Waals surface area (Å²) in [5.41, 5.74) is 7.27. The van der Waals surface area contributed by atoms with Crippen molar-refractivity contribution in [3.8, 4) is 0 Å². The molecule has 1 saturated heterocycles. The highest BCUT2D eigenvalue weighted by molar-refractivity contribution is 5.95. The number of piperazine rings is 1. The maximum Gasteiger partial charge on any atom is 0.248 e. The highest BCUT2D eigenvalue weighted by Gasteiger charge is 2.21. The van der Waals surface area contributed by atoms with E-state index in [0.717, 1.165) is 43.5 Å². The zero-order valence-corrected chi connectivity index (χ0v) is 17.2. The highest BCUT2D eigenvalue weighted by Crippen LogP contribution is 2.18. The van der Waals surface area contributed by atoms with Crippen LogP contribution < -0.4 is 16.0 Å². The van der Waals surface area contributed by atoms with Crippen molar-refractivity contribution in [2.45, 2.75) is 26.7 Å². The molecule has 2 heterocycles. The largest absolute Gasteiger partial charge is 0.366 e. The Hall–Kier alpha value is -3.00. The third-order valence-electron chi connectivity index (χ3n) is 4.89. The molecule has 0 bridgehead atoms. The van der Waals surface area contributed by atoms with Gasteiger partial charge in [0, 0.05) is 55.1 Å². The first-order valence-electron chi connectivity index (χ1n) is 9.84. The van der Waals surface area contributed by atoms with Crippen LogP contribution in [0.15, 0.2) is 30.3 Å². The van der Waals surface area contributed by atoms with Crippen LogP contribution in [0.5, 0.6) is 0 Å². The van der Waals surface area contributed by atoms with E-state index >= 15 is 0 Å². The lowest BCUT2D eigenvalue weighted by Gasteiger charge is -2.35. The zero-order chi connectivity index (χ0) is 21.0.